The summed E-state index contributed by atoms with van der Waals surface area (Å²) < 4.78 is 0. The lowest BCUT2D eigenvalue weighted by molar-refractivity contribution is -0.396. The molecule has 8 heavy (non-hydrogen) atoms. The van der Waals surface area contributed by atoms with E-state index in [0.717, 1.165) is 0 Å². The van der Waals surface area contributed by atoms with Crippen LogP contribution >= 0.6 is 0 Å². The molecule has 0 fully saturated rings. The molecule has 0 aliphatic heterocycles. The Morgan fingerprint density at radius 3 is 2.38 bits per heavy atom. The quantitative estimate of drug-likeness (QED) is 0.277. The molecule has 0 aromatic rings. The zero-order valence-electron chi connectivity index (χ0n) is 3.44. The van der Waals surface area contributed by atoms with Gasteiger partial charge in [-0.2, -0.15) is 4.79 Å². The third kappa shape index (κ3) is 1.80. The predicted octanol–water partition coefficient (Wildman–Crippen LogP) is 0.0811. The van der Waals surface area contributed by atoms with E-state index in [0.29, 0.717) is 0 Å². The van der Waals surface area contributed by atoms with E-state index in [1.54, 1.807) is 0 Å². The van der Waals surface area contributed by atoms with Gasteiger partial charge in [-0.1, -0.05) is 0 Å². The number of hydrogen-bond donors (Lipinski definition) is 0. The summed E-state index contributed by atoms with van der Waals surface area (Å²) in [6, 6.07) is 0. The molecule has 44 valence electrons. The van der Waals surface area contributed by atoms with Crippen LogP contribution in [0.15, 0.2) is 5.34 Å². The fourth-order valence-electron chi connectivity index (χ4n) is 0.0652. The first-order valence-electron chi connectivity index (χ1n) is 1.36. The van der Waals surface area contributed by atoms with Crippen molar-refractivity contribution in [3.05, 3.63) is 15.0 Å². The minimum Gasteiger partial charge on any atom is -0.253 e. The molecule has 0 bridgehead atoms. The molecule has 7 nitrogen and oxygen atoms in total. The number of carbonyl (C=O) groups excluding carboxylic acids is 1. The molecule has 0 N–H and O–H groups in total. The molecule has 0 aliphatic carbocycles. The van der Waals surface area contributed by atoms with Crippen LogP contribution in [0.2, 0.25) is 0 Å². The molecule has 0 aromatic carbocycles. The van der Waals surface area contributed by atoms with E-state index >= 15 is 0 Å². The van der Waals surface area contributed by atoms with E-state index in [2.05, 4.69) is 4.84 Å². The van der Waals surface area contributed by atoms with E-state index in [4.69, 9.17) is 4.91 Å². The number of amides is 1. The number of hydrogen-bond acceptors (Lipinski definition) is 6. The van der Waals surface area contributed by atoms with Crippen LogP contribution in [0.5, 0.6) is 0 Å². The first-order valence-corrected chi connectivity index (χ1v) is 1.36. The molecule has 0 atom stereocenters. The maximum Gasteiger partial charge on any atom is 0.685 e. The van der Waals surface area contributed by atoms with Gasteiger partial charge in [0.25, 0.3) is 0 Å². The number of rotatable bonds is 1. The first-order chi connectivity index (χ1) is 3.68. The number of nitrogens with zero attached hydrogens (tertiary/aromatic N) is 2. The lowest BCUT2D eigenvalue weighted by Crippen LogP contribution is -2.09. The molecule has 0 saturated heterocycles. The van der Waals surface area contributed by atoms with E-state index in [1.807, 2.05) is 0 Å². The second kappa shape index (κ2) is 2.61. The summed E-state index contributed by atoms with van der Waals surface area (Å²) in [5.41, 5.74) is 0. The Bertz CT molecular complexity index is 128. The molecule has 0 unspecified atom stereocenters. The van der Waals surface area contributed by atoms with Crippen LogP contribution in [0.4, 0.5) is 4.79 Å². The average molecular weight is 120 g/mol. The zero-order valence-corrected chi connectivity index (χ0v) is 3.44. The Morgan fingerprint density at radius 2 is 2.25 bits per heavy atom. The van der Waals surface area contributed by atoms with Gasteiger partial charge in [-0.05, 0) is 0 Å². The molecule has 7 heteroatoms. The SMILES string of the molecule is O=NOC(=O)[N+](=O)[O-]. The zero-order chi connectivity index (χ0) is 6.57. The summed E-state index contributed by atoms with van der Waals surface area (Å²) in [6.45, 7) is 0. The second-order valence-electron chi connectivity index (χ2n) is 0.689. The van der Waals surface area contributed by atoms with Gasteiger partial charge in [0.15, 0.2) is 5.34 Å². The molecule has 0 radical (unpaired) electrons. The van der Waals surface area contributed by atoms with Gasteiger partial charge in [0.2, 0.25) is 0 Å². The maximum atomic E-state index is 9.53. The normalized spacial score (nSPS) is 7.50. The Labute approximate surface area is 42.3 Å². The van der Waals surface area contributed by atoms with Crippen molar-refractivity contribution >= 4 is 6.09 Å². The molecule has 1 amide bonds. The van der Waals surface area contributed by atoms with Crippen LogP contribution in [0, 0.1) is 15.0 Å². The number of nitro groups is 1. The van der Waals surface area contributed by atoms with Crippen LogP contribution in [0.3, 0.4) is 0 Å². The lowest BCUT2D eigenvalue weighted by Gasteiger charge is -1.77. The van der Waals surface area contributed by atoms with E-state index in [-0.39, 0.29) is 0 Å². The van der Waals surface area contributed by atoms with Gasteiger partial charge in [-0.15, -0.1) is 4.91 Å². The maximum absolute atomic E-state index is 9.53. The minimum absolute atomic E-state index is 1.40. The van der Waals surface area contributed by atoms with Crippen molar-refractivity contribution < 1.29 is 14.6 Å². The Hall–Kier alpha value is -1.53. The Kier molecular flexibility index (Phi) is 2.11. The molecule has 0 aromatic heterocycles. The van der Waals surface area contributed by atoms with Crippen molar-refractivity contribution in [2.75, 3.05) is 0 Å². The monoisotopic (exact) mass is 120 g/mol. The highest BCUT2D eigenvalue weighted by Crippen LogP contribution is 1.80. The Balaban J connectivity index is 3.65. The highest BCUT2D eigenvalue weighted by atomic mass is 16.8. The summed E-state index contributed by atoms with van der Waals surface area (Å²) in [7, 11) is 0. The van der Waals surface area contributed by atoms with Crippen molar-refractivity contribution in [1.29, 1.82) is 0 Å². The number of carbonyl (C=O) groups is 1. The van der Waals surface area contributed by atoms with Crippen LogP contribution in [0.1, 0.15) is 0 Å². The smallest absolute Gasteiger partial charge is 0.253 e. The van der Waals surface area contributed by atoms with Gasteiger partial charge in [0.05, 0.1) is 0 Å². The molecular weight excluding hydrogens is 120 g/mol. The van der Waals surface area contributed by atoms with Gasteiger partial charge in [-0.3, -0.25) is 10.1 Å². The van der Waals surface area contributed by atoms with Gasteiger partial charge in [0.1, 0.15) is 4.92 Å². The summed E-state index contributed by atoms with van der Waals surface area (Å²) >= 11 is 0. The fraction of sp³-hybridized carbons (Fsp3) is 0. The van der Waals surface area contributed by atoms with Crippen LogP contribution in [0.25, 0.3) is 0 Å². The van der Waals surface area contributed by atoms with Crippen molar-refractivity contribution in [2.24, 2.45) is 5.34 Å². The molecule has 0 aliphatic rings. The van der Waals surface area contributed by atoms with E-state index < -0.39 is 11.0 Å². The summed E-state index contributed by atoms with van der Waals surface area (Å²) in [5, 5.41) is 10.7. The second-order valence-corrected chi connectivity index (χ2v) is 0.689. The van der Waals surface area contributed by atoms with Gasteiger partial charge in [0, 0.05) is 0 Å². The summed E-state index contributed by atoms with van der Waals surface area (Å²) in [5.74, 6) is 0. The largest absolute Gasteiger partial charge is 0.685 e. The van der Waals surface area contributed by atoms with Crippen molar-refractivity contribution in [3.8, 4) is 0 Å². The van der Waals surface area contributed by atoms with Gasteiger partial charge in [-0.25, -0.2) is 4.84 Å². The van der Waals surface area contributed by atoms with Crippen molar-refractivity contribution in [3.63, 3.8) is 0 Å². The van der Waals surface area contributed by atoms with E-state index in [1.165, 1.54) is 5.34 Å². The van der Waals surface area contributed by atoms with Crippen molar-refractivity contribution in [1.82, 2.24) is 0 Å². The average Bonchev–Trinajstić information content (AvgIpc) is 1.67. The predicted molar refractivity (Wildman–Crippen MR) is 19.3 cm³/mol. The van der Waals surface area contributed by atoms with Gasteiger partial charge >= 0.3 is 6.09 Å². The third-order valence-electron chi connectivity index (χ3n) is 0.264. The highest BCUT2D eigenvalue weighted by Gasteiger charge is 2.17. The fourth-order valence-corrected chi connectivity index (χ4v) is 0.0652. The van der Waals surface area contributed by atoms with Crippen LogP contribution in [-0.2, 0) is 4.84 Å². The Morgan fingerprint density at radius 1 is 1.75 bits per heavy atom. The van der Waals surface area contributed by atoms with Gasteiger partial charge < -0.3 is 0 Å². The topological polar surface area (TPSA) is 98.9 Å². The molecule has 0 spiro atoms. The molecule has 0 heterocycles. The van der Waals surface area contributed by atoms with Crippen molar-refractivity contribution in [2.45, 2.75) is 0 Å². The molecular formula is CN2O5. The van der Waals surface area contributed by atoms with Crippen LogP contribution < -0.4 is 0 Å². The van der Waals surface area contributed by atoms with E-state index in [9.17, 15) is 14.9 Å². The molecule has 0 saturated carbocycles. The lowest BCUT2D eigenvalue weighted by atomic mass is 11.3. The standard InChI is InChI=1S/CN2O5/c4-1(3(6)7)8-2-5. The molecule has 0 rings (SSSR count). The third-order valence-corrected chi connectivity index (χ3v) is 0.264. The highest BCUT2D eigenvalue weighted by molar-refractivity contribution is 5.56. The minimum atomic E-state index is -1.87. The summed E-state index contributed by atoms with van der Waals surface area (Å²) in [4.78, 5) is 29.3. The van der Waals surface area contributed by atoms with Crippen LogP contribution in [-0.4, -0.2) is 11.0 Å². The summed E-state index contributed by atoms with van der Waals surface area (Å²) in [6.07, 6.45) is -1.87. The first kappa shape index (κ1) is 6.47.